The SMILES string of the molecule is C=C1C(=CC=C2CCC[C@@]3(C)C2CC[C@@H]3[C@H](C)CCC[C@](C)(O)CO)C[C@@H](O)CC1O. The summed E-state index contributed by atoms with van der Waals surface area (Å²) in [4.78, 5) is 0. The quantitative estimate of drug-likeness (QED) is 0.471. The molecule has 2 unspecified atom stereocenters. The van der Waals surface area contributed by atoms with Gasteiger partial charge in [-0.3, -0.25) is 0 Å². The van der Waals surface area contributed by atoms with Gasteiger partial charge in [0, 0.05) is 6.42 Å². The molecule has 0 aromatic carbocycles. The van der Waals surface area contributed by atoms with Gasteiger partial charge in [-0.05, 0) is 86.2 Å². The second kappa shape index (κ2) is 9.91. The average Bonchev–Trinajstić information content (AvgIpc) is 3.07. The summed E-state index contributed by atoms with van der Waals surface area (Å²) >= 11 is 0. The van der Waals surface area contributed by atoms with Gasteiger partial charge in [0.25, 0.3) is 0 Å². The fraction of sp³-hybridized carbons (Fsp3) is 0.778. The molecular weight excluding hydrogens is 388 g/mol. The van der Waals surface area contributed by atoms with Gasteiger partial charge in [0.1, 0.15) is 0 Å². The topological polar surface area (TPSA) is 80.9 Å². The predicted octanol–water partition coefficient (Wildman–Crippen LogP) is 4.68. The Kier molecular flexibility index (Phi) is 7.89. The van der Waals surface area contributed by atoms with Crippen molar-refractivity contribution in [1.82, 2.24) is 0 Å². The first-order valence-corrected chi connectivity index (χ1v) is 12.4. The first-order chi connectivity index (χ1) is 14.6. The highest BCUT2D eigenvalue weighted by molar-refractivity contribution is 5.38. The number of aliphatic hydroxyl groups is 4. The van der Waals surface area contributed by atoms with Crippen molar-refractivity contribution in [2.45, 2.75) is 103 Å². The van der Waals surface area contributed by atoms with Gasteiger partial charge in [0.05, 0.1) is 24.4 Å². The molecule has 7 atom stereocenters. The largest absolute Gasteiger partial charge is 0.393 e. The van der Waals surface area contributed by atoms with Crippen LogP contribution in [0.25, 0.3) is 0 Å². The molecule has 0 aromatic rings. The number of hydrogen-bond donors (Lipinski definition) is 4. The molecule has 31 heavy (non-hydrogen) atoms. The number of allylic oxidation sites excluding steroid dienone is 3. The van der Waals surface area contributed by atoms with Gasteiger partial charge in [0.2, 0.25) is 0 Å². The van der Waals surface area contributed by atoms with Crippen molar-refractivity contribution < 1.29 is 20.4 Å². The Morgan fingerprint density at radius 2 is 2.00 bits per heavy atom. The maximum Gasteiger partial charge on any atom is 0.0849 e. The lowest BCUT2D eigenvalue weighted by Crippen LogP contribution is -2.36. The zero-order valence-corrected chi connectivity index (χ0v) is 19.8. The van der Waals surface area contributed by atoms with Crippen LogP contribution in [0.5, 0.6) is 0 Å². The molecule has 176 valence electrons. The monoisotopic (exact) mass is 432 g/mol. The summed E-state index contributed by atoms with van der Waals surface area (Å²) in [5, 5.41) is 39.5. The van der Waals surface area contributed by atoms with Crippen molar-refractivity contribution in [3.63, 3.8) is 0 Å². The van der Waals surface area contributed by atoms with Crippen molar-refractivity contribution in [2.24, 2.45) is 23.2 Å². The van der Waals surface area contributed by atoms with Crippen molar-refractivity contribution in [2.75, 3.05) is 6.61 Å². The van der Waals surface area contributed by atoms with Gasteiger partial charge in [-0.1, -0.05) is 51.0 Å². The lowest BCUT2D eigenvalue weighted by atomic mass is 9.60. The summed E-state index contributed by atoms with van der Waals surface area (Å²) < 4.78 is 0. The summed E-state index contributed by atoms with van der Waals surface area (Å²) in [6.07, 6.45) is 13.1. The van der Waals surface area contributed by atoms with Crippen LogP contribution in [0, 0.1) is 23.2 Å². The number of aliphatic hydroxyl groups excluding tert-OH is 3. The van der Waals surface area contributed by atoms with Crippen LogP contribution in [-0.2, 0) is 0 Å². The highest BCUT2D eigenvalue weighted by atomic mass is 16.3. The predicted molar refractivity (Wildman–Crippen MR) is 125 cm³/mol. The molecule has 3 aliphatic carbocycles. The number of fused-ring (bicyclic) bond motifs is 1. The summed E-state index contributed by atoms with van der Waals surface area (Å²) in [5.74, 6) is 1.92. The third kappa shape index (κ3) is 5.52. The molecule has 0 bridgehead atoms. The maximum atomic E-state index is 10.1. The van der Waals surface area contributed by atoms with E-state index in [4.69, 9.17) is 0 Å². The Morgan fingerprint density at radius 1 is 1.26 bits per heavy atom. The molecule has 0 spiro atoms. The minimum atomic E-state index is -0.958. The van der Waals surface area contributed by atoms with E-state index in [2.05, 4.69) is 32.6 Å². The van der Waals surface area contributed by atoms with Crippen LogP contribution in [0.15, 0.2) is 35.5 Å². The molecular formula is C27H44O4. The molecule has 3 rings (SSSR count). The molecule has 0 aromatic heterocycles. The summed E-state index contributed by atoms with van der Waals surface area (Å²) in [5.41, 5.74) is 2.65. The molecule has 0 heterocycles. The van der Waals surface area contributed by atoms with E-state index in [1.165, 1.54) is 31.3 Å². The Morgan fingerprint density at radius 3 is 2.71 bits per heavy atom. The first kappa shape index (κ1) is 24.7. The molecule has 3 aliphatic rings. The maximum absolute atomic E-state index is 10.1. The molecule has 0 radical (unpaired) electrons. The lowest BCUT2D eigenvalue weighted by Gasteiger charge is -2.44. The second-order valence-electron chi connectivity index (χ2n) is 11.2. The number of hydrogen-bond acceptors (Lipinski definition) is 4. The fourth-order valence-electron chi connectivity index (χ4n) is 6.76. The molecule has 0 saturated heterocycles. The van der Waals surface area contributed by atoms with Crippen LogP contribution in [0.2, 0.25) is 0 Å². The molecule has 0 amide bonds. The van der Waals surface area contributed by atoms with Crippen LogP contribution in [0.1, 0.15) is 85.0 Å². The zero-order valence-electron chi connectivity index (χ0n) is 19.8. The minimum Gasteiger partial charge on any atom is -0.393 e. The van der Waals surface area contributed by atoms with E-state index >= 15 is 0 Å². The van der Waals surface area contributed by atoms with Crippen molar-refractivity contribution >= 4 is 0 Å². The van der Waals surface area contributed by atoms with E-state index in [0.717, 1.165) is 30.4 Å². The molecule has 4 heteroatoms. The zero-order chi connectivity index (χ0) is 22.8. The highest BCUT2D eigenvalue weighted by Gasteiger charge is 2.50. The van der Waals surface area contributed by atoms with Crippen molar-refractivity contribution in [3.8, 4) is 0 Å². The van der Waals surface area contributed by atoms with Crippen LogP contribution < -0.4 is 0 Å². The smallest absolute Gasteiger partial charge is 0.0849 e. The van der Waals surface area contributed by atoms with E-state index < -0.39 is 17.8 Å². The number of rotatable bonds is 7. The van der Waals surface area contributed by atoms with Crippen LogP contribution in [0.3, 0.4) is 0 Å². The molecule has 4 N–H and O–H groups in total. The minimum absolute atomic E-state index is 0.172. The Hall–Kier alpha value is -0.940. The van der Waals surface area contributed by atoms with Gasteiger partial charge in [-0.15, -0.1) is 0 Å². The van der Waals surface area contributed by atoms with Gasteiger partial charge >= 0.3 is 0 Å². The summed E-state index contributed by atoms with van der Waals surface area (Å²) in [6.45, 7) is 10.5. The standard InChI is InChI=1S/C27H44O4/c1-18(7-5-13-26(3,31)17-28)23-11-12-24-20(8-6-14-27(23,24)4)9-10-21-15-22(29)16-25(30)19(21)2/h9-10,18,22-25,28-31H,2,5-8,11-17H2,1,3-4H3/t18-,22-,23-,24?,25?,26+,27-/m1/s1. The average molecular weight is 433 g/mol. The second-order valence-corrected chi connectivity index (χ2v) is 11.2. The highest BCUT2D eigenvalue weighted by Crippen LogP contribution is 2.60. The van der Waals surface area contributed by atoms with Crippen molar-refractivity contribution in [1.29, 1.82) is 0 Å². The Labute approximate surface area is 188 Å². The van der Waals surface area contributed by atoms with Gasteiger partial charge in [0.15, 0.2) is 0 Å². The molecule has 0 aliphatic heterocycles. The van der Waals surface area contributed by atoms with E-state index in [9.17, 15) is 20.4 Å². The Balaban J connectivity index is 1.68. The van der Waals surface area contributed by atoms with E-state index in [0.29, 0.717) is 42.4 Å². The fourth-order valence-corrected chi connectivity index (χ4v) is 6.76. The summed E-state index contributed by atoms with van der Waals surface area (Å²) in [6, 6.07) is 0. The van der Waals surface area contributed by atoms with E-state index in [1.54, 1.807) is 6.92 Å². The Bertz CT molecular complexity index is 706. The normalized spacial score (nSPS) is 39.5. The van der Waals surface area contributed by atoms with Gasteiger partial charge in [-0.2, -0.15) is 0 Å². The third-order valence-corrected chi connectivity index (χ3v) is 8.70. The van der Waals surface area contributed by atoms with Crippen LogP contribution in [-0.4, -0.2) is 44.8 Å². The summed E-state index contributed by atoms with van der Waals surface area (Å²) in [7, 11) is 0. The third-order valence-electron chi connectivity index (χ3n) is 8.70. The van der Waals surface area contributed by atoms with Crippen molar-refractivity contribution in [3.05, 3.63) is 35.5 Å². The molecule has 3 saturated carbocycles. The van der Waals surface area contributed by atoms with Crippen LogP contribution >= 0.6 is 0 Å². The van der Waals surface area contributed by atoms with Crippen LogP contribution in [0.4, 0.5) is 0 Å². The molecule has 4 nitrogen and oxygen atoms in total. The lowest BCUT2D eigenvalue weighted by molar-refractivity contribution is -0.00891. The van der Waals surface area contributed by atoms with Gasteiger partial charge in [-0.25, -0.2) is 0 Å². The van der Waals surface area contributed by atoms with E-state index in [1.807, 2.05) is 0 Å². The molecule has 3 fully saturated rings. The van der Waals surface area contributed by atoms with Gasteiger partial charge < -0.3 is 20.4 Å². The van der Waals surface area contributed by atoms with E-state index in [-0.39, 0.29) is 6.61 Å². The first-order valence-electron chi connectivity index (χ1n) is 12.4.